The fourth-order valence-electron chi connectivity index (χ4n) is 3.16. The Morgan fingerprint density at radius 1 is 1.22 bits per heavy atom. The zero-order valence-corrected chi connectivity index (χ0v) is 13.9. The van der Waals surface area contributed by atoms with Crippen molar-refractivity contribution >= 4 is 10.8 Å². The zero-order chi connectivity index (χ0) is 15.6. The minimum absolute atomic E-state index is 0.221. The lowest BCUT2D eigenvalue weighted by Crippen LogP contribution is -2.28. The average Bonchev–Trinajstić information content (AvgIpc) is 3.14. The van der Waals surface area contributed by atoms with Crippen molar-refractivity contribution in [1.29, 1.82) is 0 Å². The van der Waals surface area contributed by atoms with E-state index in [1.54, 1.807) is 0 Å². The molecule has 2 aromatic rings. The summed E-state index contributed by atoms with van der Waals surface area (Å²) in [6.07, 6.45) is 4.54. The van der Waals surface area contributed by atoms with Crippen LogP contribution in [0.3, 0.4) is 0 Å². The second-order valence-corrected chi connectivity index (χ2v) is 7.89. The molecular weight excluding hydrogens is 310 g/mol. The van der Waals surface area contributed by atoms with Gasteiger partial charge in [-0.25, -0.2) is 0 Å². The minimum atomic E-state index is -0.949. The van der Waals surface area contributed by atoms with E-state index in [-0.39, 0.29) is 6.04 Å². The predicted octanol–water partition coefficient (Wildman–Crippen LogP) is 2.89. The monoisotopic (exact) mass is 331 g/mol. The third kappa shape index (κ3) is 3.38. The second-order valence-electron chi connectivity index (χ2n) is 6.32. The molecule has 6 heteroatoms. The van der Waals surface area contributed by atoms with Gasteiger partial charge in [0.05, 0.1) is 16.8 Å². The summed E-state index contributed by atoms with van der Waals surface area (Å²) in [7, 11) is -0.949. The van der Waals surface area contributed by atoms with Crippen LogP contribution in [0.4, 0.5) is 0 Å². The van der Waals surface area contributed by atoms with Crippen LogP contribution in [0.15, 0.2) is 39.8 Å². The first-order valence-corrected chi connectivity index (χ1v) is 9.64. The standard InChI is InChI=1S/C17H21N3O2S/c21-23(14-5-2-1-3-6-14)12-11-20-10-4-7-15(20)16-18-17(22-19-16)13-8-9-13/h1-3,5-6,13,15H,4,7-12H2/t15-,23+/m0/s1. The van der Waals surface area contributed by atoms with Crippen molar-refractivity contribution in [3.8, 4) is 0 Å². The van der Waals surface area contributed by atoms with Crippen molar-refractivity contribution in [1.82, 2.24) is 15.0 Å². The third-order valence-corrected chi connectivity index (χ3v) is 5.97. The van der Waals surface area contributed by atoms with Gasteiger partial charge in [-0.1, -0.05) is 23.4 Å². The summed E-state index contributed by atoms with van der Waals surface area (Å²) in [5.41, 5.74) is 0. The maximum Gasteiger partial charge on any atom is 0.229 e. The molecule has 23 heavy (non-hydrogen) atoms. The molecule has 2 heterocycles. The quantitative estimate of drug-likeness (QED) is 0.814. The van der Waals surface area contributed by atoms with Gasteiger partial charge < -0.3 is 4.52 Å². The summed E-state index contributed by atoms with van der Waals surface area (Å²) in [5, 5.41) is 4.19. The van der Waals surface area contributed by atoms with Crippen molar-refractivity contribution in [2.75, 3.05) is 18.8 Å². The number of hydrogen-bond acceptors (Lipinski definition) is 5. The first kappa shape index (κ1) is 15.0. The Morgan fingerprint density at radius 2 is 2.04 bits per heavy atom. The Balaban J connectivity index is 1.38. The van der Waals surface area contributed by atoms with Gasteiger partial charge >= 0.3 is 0 Å². The van der Waals surface area contributed by atoms with E-state index in [0.717, 1.165) is 42.5 Å². The molecule has 0 N–H and O–H groups in total. The molecule has 1 saturated carbocycles. The van der Waals surface area contributed by atoms with Crippen LogP contribution in [-0.4, -0.2) is 38.1 Å². The number of rotatable bonds is 6. The predicted molar refractivity (Wildman–Crippen MR) is 87.5 cm³/mol. The van der Waals surface area contributed by atoms with Crippen LogP contribution in [0.1, 0.15) is 49.4 Å². The Morgan fingerprint density at radius 3 is 2.83 bits per heavy atom. The third-order valence-electron chi connectivity index (χ3n) is 4.62. The summed E-state index contributed by atoms with van der Waals surface area (Å²) in [6, 6.07) is 9.90. The van der Waals surface area contributed by atoms with E-state index in [2.05, 4.69) is 15.0 Å². The maximum absolute atomic E-state index is 12.4. The van der Waals surface area contributed by atoms with Crippen LogP contribution in [0.25, 0.3) is 0 Å². The highest BCUT2D eigenvalue weighted by Crippen LogP contribution is 2.40. The molecule has 1 aliphatic heterocycles. The summed E-state index contributed by atoms with van der Waals surface area (Å²) in [4.78, 5) is 7.85. The average molecular weight is 331 g/mol. The Labute approximate surface area is 138 Å². The van der Waals surface area contributed by atoms with Crippen LogP contribution in [-0.2, 0) is 10.8 Å². The van der Waals surface area contributed by atoms with Gasteiger partial charge in [-0.3, -0.25) is 9.11 Å². The second kappa shape index (κ2) is 6.53. The van der Waals surface area contributed by atoms with Gasteiger partial charge in [-0.05, 0) is 44.4 Å². The number of hydrogen-bond donors (Lipinski definition) is 0. The highest BCUT2D eigenvalue weighted by atomic mass is 32.2. The molecule has 1 aromatic heterocycles. The van der Waals surface area contributed by atoms with Crippen LogP contribution < -0.4 is 0 Å². The molecule has 122 valence electrons. The number of benzene rings is 1. The smallest absolute Gasteiger partial charge is 0.229 e. The summed E-state index contributed by atoms with van der Waals surface area (Å²) in [5.74, 6) is 2.76. The Bertz CT molecular complexity index is 684. The first-order valence-electron chi connectivity index (χ1n) is 8.32. The van der Waals surface area contributed by atoms with Crippen LogP contribution >= 0.6 is 0 Å². The van der Waals surface area contributed by atoms with Crippen molar-refractivity contribution in [2.45, 2.75) is 42.5 Å². The molecule has 1 aromatic carbocycles. The van der Waals surface area contributed by atoms with E-state index < -0.39 is 10.8 Å². The van der Waals surface area contributed by atoms with Gasteiger partial charge in [0.1, 0.15) is 0 Å². The maximum atomic E-state index is 12.4. The molecule has 0 unspecified atom stereocenters. The lowest BCUT2D eigenvalue weighted by atomic mass is 10.2. The number of aromatic nitrogens is 2. The molecule has 0 spiro atoms. The normalized spacial score (nSPS) is 23.2. The molecule has 2 aliphatic rings. The van der Waals surface area contributed by atoms with Gasteiger partial charge in [0.25, 0.3) is 0 Å². The fourth-order valence-corrected chi connectivity index (χ4v) is 4.25. The van der Waals surface area contributed by atoms with Crippen LogP contribution in [0, 0.1) is 0 Å². The van der Waals surface area contributed by atoms with Gasteiger partial charge in [0.15, 0.2) is 5.82 Å². The molecule has 0 bridgehead atoms. The summed E-state index contributed by atoms with van der Waals surface area (Å²) < 4.78 is 17.8. The van der Waals surface area contributed by atoms with Gasteiger partial charge in [0, 0.05) is 23.1 Å². The van der Waals surface area contributed by atoms with E-state index in [4.69, 9.17) is 4.52 Å². The first-order chi connectivity index (χ1) is 11.3. The van der Waals surface area contributed by atoms with Crippen molar-refractivity contribution in [3.63, 3.8) is 0 Å². The summed E-state index contributed by atoms with van der Waals surface area (Å²) in [6.45, 7) is 1.82. The molecule has 2 fully saturated rings. The van der Waals surface area contributed by atoms with Gasteiger partial charge in [-0.15, -0.1) is 0 Å². The summed E-state index contributed by atoms with van der Waals surface area (Å²) >= 11 is 0. The molecule has 5 nitrogen and oxygen atoms in total. The van der Waals surface area contributed by atoms with Gasteiger partial charge in [-0.2, -0.15) is 4.98 Å². The lowest BCUT2D eigenvalue weighted by Gasteiger charge is -2.21. The van der Waals surface area contributed by atoms with E-state index in [1.165, 1.54) is 12.8 Å². The molecule has 0 radical (unpaired) electrons. The molecule has 1 saturated heterocycles. The largest absolute Gasteiger partial charge is 0.339 e. The van der Waals surface area contributed by atoms with Crippen LogP contribution in [0.2, 0.25) is 0 Å². The highest BCUT2D eigenvalue weighted by molar-refractivity contribution is 7.85. The SMILES string of the molecule is O=[S@](CCN1CCC[C@H]1c1noc(C2CC2)n1)c1ccccc1. The van der Waals surface area contributed by atoms with Crippen molar-refractivity contribution in [2.24, 2.45) is 0 Å². The molecule has 1 aliphatic carbocycles. The van der Waals surface area contributed by atoms with E-state index in [1.807, 2.05) is 30.3 Å². The lowest BCUT2D eigenvalue weighted by molar-refractivity contribution is 0.256. The highest BCUT2D eigenvalue weighted by Gasteiger charge is 2.34. The van der Waals surface area contributed by atoms with Crippen molar-refractivity contribution < 1.29 is 8.73 Å². The molecular formula is C17H21N3O2S. The fraction of sp³-hybridized carbons (Fsp3) is 0.529. The Kier molecular flexibility index (Phi) is 4.27. The molecule has 0 amide bonds. The topological polar surface area (TPSA) is 59.2 Å². The zero-order valence-electron chi connectivity index (χ0n) is 13.1. The minimum Gasteiger partial charge on any atom is -0.339 e. The molecule has 2 atom stereocenters. The number of likely N-dealkylation sites (tertiary alicyclic amines) is 1. The van der Waals surface area contributed by atoms with Crippen molar-refractivity contribution in [3.05, 3.63) is 42.0 Å². The Hall–Kier alpha value is -1.53. The van der Waals surface area contributed by atoms with Gasteiger partial charge in [0.2, 0.25) is 5.89 Å². The van der Waals surface area contributed by atoms with Crippen LogP contribution in [0.5, 0.6) is 0 Å². The van der Waals surface area contributed by atoms with E-state index >= 15 is 0 Å². The van der Waals surface area contributed by atoms with E-state index in [9.17, 15) is 4.21 Å². The molecule has 4 rings (SSSR count). The number of nitrogens with zero attached hydrogens (tertiary/aromatic N) is 3. The van der Waals surface area contributed by atoms with E-state index in [0.29, 0.717) is 11.7 Å².